The number of nitrogens with one attached hydrogen (secondary N) is 1. The van der Waals surface area contributed by atoms with Crippen LogP contribution in [0.3, 0.4) is 0 Å². The van der Waals surface area contributed by atoms with Gasteiger partial charge in [0, 0.05) is 11.1 Å². The molecule has 1 aromatic rings. The van der Waals surface area contributed by atoms with Crippen molar-refractivity contribution in [3.8, 4) is 0 Å². The molecule has 1 aliphatic rings. The number of ether oxygens (including phenoxy) is 1. The Kier molecular flexibility index (Phi) is 3.82. The zero-order valence-corrected chi connectivity index (χ0v) is 12.7. The Morgan fingerprint density at radius 2 is 2.11 bits per heavy atom. The molecule has 100 valence electrons. The molecule has 2 atom stereocenters. The fourth-order valence-corrected chi connectivity index (χ4v) is 4.49. The van der Waals surface area contributed by atoms with Crippen molar-refractivity contribution in [2.75, 3.05) is 6.61 Å². The highest BCUT2D eigenvalue weighted by molar-refractivity contribution is 9.10. The zero-order valence-electron chi connectivity index (χ0n) is 10.3. The van der Waals surface area contributed by atoms with Crippen molar-refractivity contribution in [3.05, 3.63) is 28.7 Å². The third-order valence-corrected chi connectivity index (χ3v) is 6.00. The van der Waals surface area contributed by atoms with Crippen LogP contribution in [0.2, 0.25) is 0 Å². The van der Waals surface area contributed by atoms with Gasteiger partial charge in [-0.15, -0.1) is 0 Å². The largest absolute Gasteiger partial charge is 0.376 e. The lowest BCUT2D eigenvalue weighted by atomic mass is 9.97. The van der Waals surface area contributed by atoms with Crippen molar-refractivity contribution >= 4 is 26.0 Å². The fourth-order valence-electron chi connectivity index (χ4n) is 1.99. The molecule has 2 unspecified atom stereocenters. The molecule has 0 radical (unpaired) electrons. The molecule has 0 aromatic heterocycles. The van der Waals surface area contributed by atoms with Gasteiger partial charge in [0.25, 0.3) is 0 Å². The summed E-state index contributed by atoms with van der Waals surface area (Å²) < 4.78 is 33.5. The Morgan fingerprint density at radius 3 is 2.67 bits per heavy atom. The fraction of sp³-hybridized carbons (Fsp3) is 0.500. The molecule has 0 aliphatic carbocycles. The Labute approximate surface area is 116 Å². The molecule has 18 heavy (non-hydrogen) atoms. The minimum Gasteiger partial charge on any atom is -0.376 e. The van der Waals surface area contributed by atoms with Gasteiger partial charge in [0.1, 0.15) is 0 Å². The van der Waals surface area contributed by atoms with Crippen molar-refractivity contribution in [1.82, 2.24) is 4.72 Å². The highest BCUT2D eigenvalue weighted by Crippen LogP contribution is 2.29. The second kappa shape index (κ2) is 4.92. The predicted molar refractivity (Wildman–Crippen MR) is 72.9 cm³/mol. The molecule has 1 aromatic carbocycles. The topological polar surface area (TPSA) is 55.4 Å². The van der Waals surface area contributed by atoms with Crippen molar-refractivity contribution < 1.29 is 13.2 Å². The first-order valence-electron chi connectivity index (χ1n) is 5.75. The summed E-state index contributed by atoms with van der Waals surface area (Å²) in [4.78, 5) is 0.255. The molecule has 0 spiro atoms. The standard InChI is InChI=1S/C12H16BrNO3S/c1-9-12(2,7-8-17-9)14-18(15,16)11-6-4-3-5-10(11)13/h3-6,9,14H,7-8H2,1-2H3. The highest BCUT2D eigenvalue weighted by atomic mass is 79.9. The van der Waals surface area contributed by atoms with Crippen LogP contribution in [0, 0.1) is 0 Å². The Balaban J connectivity index is 2.31. The smallest absolute Gasteiger partial charge is 0.242 e. The van der Waals surface area contributed by atoms with Crippen LogP contribution < -0.4 is 4.72 Å². The molecule has 0 saturated carbocycles. The number of rotatable bonds is 3. The van der Waals surface area contributed by atoms with E-state index in [0.717, 1.165) is 0 Å². The molecule has 1 heterocycles. The second-order valence-electron chi connectivity index (χ2n) is 4.72. The van der Waals surface area contributed by atoms with Gasteiger partial charge in [0.15, 0.2) is 0 Å². The number of benzene rings is 1. The van der Waals surface area contributed by atoms with Crippen LogP contribution in [0.15, 0.2) is 33.6 Å². The number of hydrogen-bond acceptors (Lipinski definition) is 3. The maximum Gasteiger partial charge on any atom is 0.242 e. The summed E-state index contributed by atoms with van der Waals surface area (Å²) >= 11 is 3.26. The van der Waals surface area contributed by atoms with Crippen LogP contribution in [-0.2, 0) is 14.8 Å². The molecule has 1 aliphatic heterocycles. The summed E-state index contributed by atoms with van der Waals surface area (Å²) in [5, 5.41) is 0. The molecule has 0 bridgehead atoms. The van der Waals surface area contributed by atoms with Crippen molar-refractivity contribution in [3.63, 3.8) is 0 Å². The predicted octanol–water partition coefficient (Wildman–Crippen LogP) is 2.29. The first-order chi connectivity index (χ1) is 8.35. The van der Waals surface area contributed by atoms with E-state index in [4.69, 9.17) is 4.74 Å². The summed E-state index contributed by atoms with van der Waals surface area (Å²) in [6.07, 6.45) is 0.549. The first-order valence-corrected chi connectivity index (χ1v) is 8.03. The van der Waals surface area contributed by atoms with E-state index in [0.29, 0.717) is 17.5 Å². The van der Waals surface area contributed by atoms with E-state index in [9.17, 15) is 8.42 Å². The van der Waals surface area contributed by atoms with Gasteiger partial charge in [-0.1, -0.05) is 12.1 Å². The van der Waals surface area contributed by atoms with Gasteiger partial charge in [0.2, 0.25) is 10.0 Å². The summed E-state index contributed by atoms with van der Waals surface area (Å²) in [5.41, 5.74) is -0.548. The Bertz CT molecular complexity index is 546. The van der Waals surface area contributed by atoms with Gasteiger partial charge in [0.05, 0.1) is 16.5 Å². The van der Waals surface area contributed by atoms with E-state index < -0.39 is 15.6 Å². The lowest BCUT2D eigenvalue weighted by Crippen LogP contribution is -2.50. The van der Waals surface area contributed by atoms with E-state index in [1.807, 2.05) is 13.8 Å². The molecule has 1 fully saturated rings. The summed E-state index contributed by atoms with van der Waals surface area (Å²) in [6, 6.07) is 6.78. The quantitative estimate of drug-likeness (QED) is 0.923. The maximum absolute atomic E-state index is 12.4. The van der Waals surface area contributed by atoms with E-state index in [-0.39, 0.29) is 11.0 Å². The number of sulfonamides is 1. The number of hydrogen-bond donors (Lipinski definition) is 1. The minimum atomic E-state index is -3.54. The average molecular weight is 334 g/mol. The lowest BCUT2D eigenvalue weighted by Gasteiger charge is -2.28. The molecule has 1 N–H and O–H groups in total. The van der Waals surface area contributed by atoms with Gasteiger partial charge >= 0.3 is 0 Å². The third-order valence-electron chi connectivity index (χ3n) is 3.38. The highest BCUT2D eigenvalue weighted by Gasteiger charge is 2.40. The van der Waals surface area contributed by atoms with E-state index >= 15 is 0 Å². The summed E-state index contributed by atoms with van der Waals surface area (Å²) in [7, 11) is -3.54. The normalized spacial score (nSPS) is 28.5. The molecular weight excluding hydrogens is 318 g/mol. The van der Waals surface area contributed by atoms with Crippen LogP contribution >= 0.6 is 15.9 Å². The van der Waals surface area contributed by atoms with Crippen LogP contribution in [-0.4, -0.2) is 26.7 Å². The van der Waals surface area contributed by atoms with Crippen LogP contribution in [0.4, 0.5) is 0 Å². The van der Waals surface area contributed by atoms with Gasteiger partial charge < -0.3 is 4.74 Å². The lowest BCUT2D eigenvalue weighted by molar-refractivity contribution is 0.0957. The zero-order chi connectivity index (χ0) is 13.4. The van der Waals surface area contributed by atoms with Crippen LogP contribution in [0.5, 0.6) is 0 Å². The van der Waals surface area contributed by atoms with Crippen molar-refractivity contribution in [2.24, 2.45) is 0 Å². The van der Waals surface area contributed by atoms with E-state index in [2.05, 4.69) is 20.7 Å². The number of halogens is 1. The van der Waals surface area contributed by atoms with Gasteiger partial charge in [-0.2, -0.15) is 0 Å². The molecule has 1 saturated heterocycles. The molecule has 2 rings (SSSR count). The molecular formula is C12H16BrNO3S. The molecule has 0 amide bonds. The minimum absolute atomic E-state index is 0.130. The average Bonchev–Trinajstić information content (AvgIpc) is 2.58. The first kappa shape index (κ1) is 14.0. The second-order valence-corrected chi connectivity index (χ2v) is 7.22. The van der Waals surface area contributed by atoms with Crippen LogP contribution in [0.25, 0.3) is 0 Å². The maximum atomic E-state index is 12.4. The van der Waals surface area contributed by atoms with Crippen molar-refractivity contribution in [2.45, 2.75) is 36.8 Å². The molecule has 6 heteroatoms. The monoisotopic (exact) mass is 333 g/mol. The Hall–Kier alpha value is -0.430. The van der Waals surface area contributed by atoms with Gasteiger partial charge in [-0.05, 0) is 48.3 Å². The molecule has 4 nitrogen and oxygen atoms in total. The van der Waals surface area contributed by atoms with Crippen molar-refractivity contribution in [1.29, 1.82) is 0 Å². The summed E-state index contributed by atoms with van der Waals surface area (Å²) in [5.74, 6) is 0. The van der Waals surface area contributed by atoms with Crippen LogP contribution in [0.1, 0.15) is 20.3 Å². The van der Waals surface area contributed by atoms with Gasteiger partial charge in [-0.3, -0.25) is 0 Å². The SMILES string of the molecule is CC1OCCC1(C)NS(=O)(=O)c1ccccc1Br. The van der Waals surface area contributed by atoms with Gasteiger partial charge in [-0.25, -0.2) is 13.1 Å². The van der Waals surface area contributed by atoms with E-state index in [1.54, 1.807) is 24.3 Å². The Morgan fingerprint density at radius 1 is 1.44 bits per heavy atom. The third kappa shape index (κ3) is 2.61. The van der Waals surface area contributed by atoms with E-state index in [1.165, 1.54) is 0 Å². The summed E-state index contributed by atoms with van der Waals surface area (Å²) in [6.45, 7) is 4.34.